The molecule has 0 unspecified atom stereocenters. The second kappa shape index (κ2) is 6.93. The highest BCUT2D eigenvalue weighted by Crippen LogP contribution is 2.49. The Bertz CT molecular complexity index is 818. The molecule has 8 heteroatoms. The van der Waals surface area contributed by atoms with Crippen LogP contribution in [0.1, 0.15) is 32.1 Å². The minimum Gasteiger partial charge on any atom is -0.370 e. The van der Waals surface area contributed by atoms with Gasteiger partial charge in [0.2, 0.25) is 5.66 Å². The summed E-state index contributed by atoms with van der Waals surface area (Å²) in [6.45, 7) is 3.39. The molecule has 4 aliphatic rings. The van der Waals surface area contributed by atoms with Gasteiger partial charge in [0.25, 0.3) is 5.69 Å². The number of non-ortho nitro benzene ring substituents is 1. The Morgan fingerprint density at radius 2 is 2.00 bits per heavy atom. The molecule has 2 heterocycles. The standard InChI is InChI=1S/C20H25N5O3/c26-25(27)17-7-5-16(6-8-17)24-20(23-11-13-28-14-12-23)18(15-3-1-2-4-15)9-10-19(20)21-22-24/h3,5-8,18-19H,1-2,4,9-14H2/p+1/t18-,19-,20-/m0/s1. The number of benzene rings is 1. The fraction of sp³-hybridized carbons (Fsp3) is 0.600. The Kier molecular flexibility index (Phi) is 4.40. The van der Waals surface area contributed by atoms with Gasteiger partial charge in [0, 0.05) is 12.1 Å². The molecule has 0 bridgehead atoms. The molecule has 1 aromatic rings. The zero-order valence-electron chi connectivity index (χ0n) is 15.9. The maximum Gasteiger partial charge on any atom is 0.269 e. The van der Waals surface area contributed by atoms with Crippen LogP contribution in [0.25, 0.3) is 0 Å². The van der Waals surface area contributed by atoms with Crippen molar-refractivity contribution in [3.8, 4) is 0 Å². The minimum atomic E-state index is -0.358. The molecule has 28 heavy (non-hydrogen) atoms. The van der Waals surface area contributed by atoms with Crippen LogP contribution in [-0.2, 0) is 4.74 Å². The summed E-state index contributed by atoms with van der Waals surface area (Å²) in [6.07, 6.45) is 8.16. The molecule has 8 nitrogen and oxygen atoms in total. The first kappa shape index (κ1) is 17.8. The molecule has 0 aromatic heterocycles. The van der Waals surface area contributed by atoms with E-state index in [1.807, 2.05) is 12.1 Å². The smallest absolute Gasteiger partial charge is 0.269 e. The number of rotatable bonds is 4. The molecular formula is C20H26N5O3+. The van der Waals surface area contributed by atoms with Gasteiger partial charge in [0.1, 0.15) is 19.1 Å². The molecule has 0 radical (unpaired) electrons. The molecule has 5 rings (SSSR count). The lowest BCUT2D eigenvalue weighted by atomic mass is 9.84. The predicted molar refractivity (Wildman–Crippen MR) is 103 cm³/mol. The lowest BCUT2D eigenvalue weighted by molar-refractivity contribution is -0.961. The molecule has 2 aliphatic heterocycles. The van der Waals surface area contributed by atoms with E-state index in [0.29, 0.717) is 5.92 Å². The van der Waals surface area contributed by atoms with Crippen molar-refractivity contribution in [1.82, 2.24) is 0 Å². The van der Waals surface area contributed by atoms with Gasteiger partial charge in [-0.1, -0.05) is 16.9 Å². The maximum atomic E-state index is 11.1. The predicted octanol–water partition coefficient (Wildman–Crippen LogP) is 2.28. The third-order valence-electron chi connectivity index (χ3n) is 6.89. The summed E-state index contributed by atoms with van der Waals surface area (Å²) < 4.78 is 5.66. The van der Waals surface area contributed by atoms with Crippen molar-refractivity contribution in [1.29, 1.82) is 0 Å². The number of hydrogen-bond acceptors (Lipinski definition) is 6. The van der Waals surface area contributed by atoms with Gasteiger partial charge in [-0.15, -0.1) is 0 Å². The van der Waals surface area contributed by atoms with Crippen molar-refractivity contribution in [3.63, 3.8) is 0 Å². The number of nitro benzene ring substituents is 1. The number of anilines is 1. The summed E-state index contributed by atoms with van der Waals surface area (Å²) in [7, 11) is 0. The first-order valence-corrected chi connectivity index (χ1v) is 10.3. The Labute approximate surface area is 164 Å². The van der Waals surface area contributed by atoms with E-state index in [1.165, 1.54) is 11.3 Å². The van der Waals surface area contributed by atoms with E-state index in [0.717, 1.165) is 57.7 Å². The van der Waals surface area contributed by atoms with Gasteiger partial charge >= 0.3 is 0 Å². The second-order valence-electron chi connectivity index (χ2n) is 8.15. The quantitative estimate of drug-likeness (QED) is 0.490. The van der Waals surface area contributed by atoms with Crippen molar-refractivity contribution in [2.75, 3.05) is 31.3 Å². The molecule has 0 spiro atoms. The number of nitrogens with zero attached hydrogens (tertiary/aromatic N) is 4. The summed E-state index contributed by atoms with van der Waals surface area (Å²) in [5, 5.41) is 22.5. The van der Waals surface area contributed by atoms with Crippen molar-refractivity contribution in [2.45, 2.75) is 43.8 Å². The van der Waals surface area contributed by atoms with E-state index in [-0.39, 0.29) is 22.3 Å². The molecule has 1 aromatic carbocycles. The fourth-order valence-electron chi connectivity index (χ4n) is 5.73. The summed E-state index contributed by atoms with van der Waals surface area (Å²) in [5.74, 6) is 0.415. The molecule has 3 atom stereocenters. The first-order valence-electron chi connectivity index (χ1n) is 10.3. The van der Waals surface area contributed by atoms with Crippen LogP contribution in [0.5, 0.6) is 0 Å². The van der Waals surface area contributed by atoms with Gasteiger partial charge < -0.3 is 9.64 Å². The van der Waals surface area contributed by atoms with E-state index in [1.54, 1.807) is 17.7 Å². The third kappa shape index (κ3) is 2.58. The SMILES string of the molecule is O=[N+]([O-])c1ccc(N2N=N[C@H]3CC[C@@H](C4=CCCC4)[C@@]32[NH+]2CCOCC2)cc1. The van der Waals surface area contributed by atoms with Crippen LogP contribution in [0.2, 0.25) is 0 Å². The number of quaternary nitrogens is 1. The normalized spacial score (nSPS) is 32.6. The average Bonchev–Trinajstić information content (AvgIpc) is 3.44. The number of hydrogen-bond donors (Lipinski definition) is 1. The number of allylic oxidation sites excluding steroid dienone is 1. The molecule has 1 N–H and O–H groups in total. The summed E-state index contributed by atoms with van der Waals surface area (Å²) >= 11 is 0. The van der Waals surface area contributed by atoms with Crippen molar-refractivity contribution in [2.24, 2.45) is 16.3 Å². The van der Waals surface area contributed by atoms with E-state index in [9.17, 15) is 10.1 Å². The third-order valence-corrected chi connectivity index (χ3v) is 6.89. The van der Waals surface area contributed by atoms with Gasteiger partial charge in [-0.05, 0) is 44.2 Å². The van der Waals surface area contributed by atoms with Crippen LogP contribution in [0.4, 0.5) is 11.4 Å². The molecule has 1 saturated heterocycles. The number of fused-ring (bicyclic) bond motifs is 1. The first-order chi connectivity index (χ1) is 13.7. The lowest BCUT2D eigenvalue weighted by Gasteiger charge is -2.47. The van der Waals surface area contributed by atoms with E-state index < -0.39 is 0 Å². The molecular weight excluding hydrogens is 358 g/mol. The number of nitro groups is 1. The van der Waals surface area contributed by atoms with E-state index in [2.05, 4.69) is 16.3 Å². The van der Waals surface area contributed by atoms with Crippen LogP contribution in [0, 0.1) is 16.0 Å². The van der Waals surface area contributed by atoms with Crippen molar-refractivity contribution >= 4 is 11.4 Å². The van der Waals surface area contributed by atoms with Crippen LogP contribution < -0.4 is 9.91 Å². The highest BCUT2D eigenvalue weighted by Gasteiger charge is 2.66. The number of nitrogens with one attached hydrogen (secondary N) is 1. The molecule has 1 saturated carbocycles. The van der Waals surface area contributed by atoms with Crippen LogP contribution in [-0.4, -0.2) is 42.9 Å². The minimum absolute atomic E-state index is 0.102. The van der Waals surface area contributed by atoms with E-state index >= 15 is 0 Å². The zero-order valence-corrected chi connectivity index (χ0v) is 15.9. The van der Waals surface area contributed by atoms with Gasteiger partial charge in [0.15, 0.2) is 0 Å². The van der Waals surface area contributed by atoms with Gasteiger partial charge in [-0.3, -0.25) is 10.1 Å². The highest BCUT2D eigenvalue weighted by atomic mass is 16.6. The second-order valence-corrected chi connectivity index (χ2v) is 8.15. The number of ether oxygens (including phenoxy) is 1. The Hall–Kier alpha value is -2.32. The Morgan fingerprint density at radius 1 is 1.21 bits per heavy atom. The van der Waals surface area contributed by atoms with Crippen molar-refractivity contribution in [3.05, 3.63) is 46.0 Å². The monoisotopic (exact) mass is 384 g/mol. The number of morpholine rings is 1. The van der Waals surface area contributed by atoms with Crippen LogP contribution in [0.15, 0.2) is 46.3 Å². The summed E-state index contributed by atoms with van der Waals surface area (Å²) in [6, 6.07) is 6.93. The fourth-order valence-corrected chi connectivity index (χ4v) is 5.73. The molecule has 148 valence electrons. The Morgan fingerprint density at radius 3 is 2.68 bits per heavy atom. The molecule has 2 fully saturated rings. The molecule has 0 amide bonds. The molecule has 2 aliphatic carbocycles. The van der Waals surface area contributed by atoms with Gasteiger partial charge in [-0.25, -0.2) is 0 Å². The van der Waals surface area contributed by atoms with Gasteiger partial charge in [0.05, 0.1) is 29.7 Å². The zero-order chi connectivity index (χ0) is 19.1. The van der Waals surface area contributed by atoms with Crippen molar-refractivity contribution < 1.29 is 14.6 Å². The topological polar surface area (TPSA) is 84.8 Å². The van der Waals surface area contributed by atoms with Gasteiger partial charge in [-0.2, -0.15) is 10.1 Å². The lowest BCUT2D eigenvalue weighted by Crippen LogP contribution is -3.25. The maximum absolute atomic E-state index is 11.1. The highest BCUT2D eigenvalue weighted by molar-refractivity contribution is 5.53. The van der Waals surface area contributed by atoms with E-state index in [4.69, 9.17) is 9.85 Å². The average molecular weight is 384 g/mol. The Balaban J connectivity index is 1.58. The van der Waals surface area contributed by atoms with Crippen LogP contribution in [0.3, 0.4) is 0 Å². The largest absolute Gasteiger partial charge is 0.370 e. The summed E-state index contributed by atoms with van der Waals surface area (Å²) in [5.41, 5.74) is 2.31. The van der Waals surface area contributed by atoms with Crippen LogP contribution >= 0.6 is 0 Å². The summed E-state index contributed by atoms with van der Waals surface area (Å²) in [4.78, 5) is 12.2.